The molecule has 1 saturated carbocycles. The number of nitrogens with zero attached hydrogens (tertiary/aromatic N) is 2. The number of rotatable bonds is 1. The van der Waals surface area contributed by atoms with E-state index in [2.05, 4.69) is 35.9 Å². The van der Waals surface area contributed by atoms with Crippen LogP contribution < -0.4 is 4.90 Å². The van der Waals surface area contributed by atoms with Crippen LogP contribution in [-0.4, -0.2) is 18.1 Å². The standard InChI is InChI=1S/C12H16N2/c1-8-3-4-12(13-9(8)2)14-6-10-5-11(10)7-14/h3-4,10-11H,5-7H2,1-2H3. The maximum atomic E-state index is 4.64. The van der Waals surface area contributed by atoms with E-state index in [1.54, 1.807) is 0 Å². The number of hydrogen-bond acceptors (Lipinski definition) is 2. The first-order chi connectivity index (χ1) is 6.74. The van der Waals surface area contributed by atoms with Gasteiger partial charge in [0.25, 0.3) is 0 Å². The van der Waals surface area contributed by atoms with Crippen LogP contribution in [0.5, 0.6) is 0 Å². The maximum Gasteiger partial charge on any atom is 0.128 e. The van der Waals surface area contributed by atoms with Gasteiger partial charge in [-0.15, -0.1) is 0 Å². The zero-order valence-corrected chi connectivity index (χ0v) is 8.83. The predicted molar refractivity (Wildman–Crippen MR) is 57.5 cm³/mol. The molecule has 74 valence electrons. The summed E-state index contributed by atoms with van der Waals surface area (Å²) in [6.45, 7) is 6.68. The van der Waals surface area contributed by atoms with E-state index in [1.165, 1.54) is 36.6 Å². The van der Waals surface area contributed by atoms with E-state index >= 15 is 0 Å². The van der Waals surface area contributed by atoms with E-state index in [1.807, 2.05) is 0 Å². The minimum atomic E-state index is 0.985. The first-order valence-corrected chi connectivity index (χ1v) is 5.43. The summed E-state index contributed by atoms with van der Waals surface area (Å²) in [5, 5.41) is 0. The second kappa shape index (κ2) is 2.72. The van der Waals surface area contributed by atoms with Crippen LogP contribution in [0.4, 0.5) is 5.82 Å². The van der Waals surface area contributed by atoms with Crippen molar-refractivity contribution in [3.05, 3.63) is 23.4 Å². The van der Waals surface area contributed by atoms with Crippen molar-refractivity contribution in [1.29, 1.82) is 0 Å². The van der Waals surface area contributed by atoms with Gasteiger partial charge in [0.15, 0.2) is 0 Å². The lowest BCUT2D eigenvalue weighted by Gasteiger charge is -2.19. The highest BCUT2D eigenvalue weighted by atomic mass is 15.2. The molecule has 2 nitrogen and oxygen atoms in total. The molecule has 2 aliphatic rings. The molecule has 0 N–H and O–H groups in total. The molecule has 14 heavy (non-hydrogen) atoms. The van der Waals surface area contributed by atoms with E-state index in [-0.39, 0.29) is 0 Å². The molecule has 1 aliphatic heterocycles. The molecule has 2 heteroatoms. The van der Waals surface area contributed by atoms with Crippen molar-refractivity contribution in [2.75, 3.05) is 18.0 Å². The third-order valence-corrected chi connectivity index (χ3v) is 3.64. The molecule has 2 unspecified atom stereocenters. The van der Waals surface area contributed by atoms with Crippen molar-refractivity contribution in [3.8, 4) is 0 Å². The molecular weight excluding hydrogens is 172 g/mol. The van der Waals surface area contributed by atoms with Gasteiger partial charge in [-0.05, 0) is 43.7 Å². The lowest BCUT2D eigenvalue weighted by molar-refractivity contribution is 0.802. The number of fused-ring (bicyclic) bond motifs is 1. The van der Waals surface area contributed by atoms with Gasteiger partial charge < -0.3 is 4.90 Å². The molecular formula is C12H16N2. The molecule has 0 aromatic carbocycles. The molecule has 1 aromatic heterocycles. The number of piperidine rings is 1. The van der Waals surface area contributed by atoms with Gasteiger partial charge in [-0.2, -0.15) is 0 Å². The second-order valence-corrected chi connectivity index (χ2v) is 4.73. The summed E-state index contributed by atoms with van der Waals surface area (Å²) in [7, 11) is 0. The second-order valence-electron chi connectivity index (χ2n) is 4.73. The summed E-state index contributed by atoms with van der Waals surface area (Å²) in [5.41, 5.74) is 2.46. The Morgan fingerprint density at radius 2 is 1.93 bits per heavy atom. The SMILES string of the molecule is Cc1ccc(N2CC3CC3C2)nc1C. The van der Waals surface area contributed by atoms with Gasteiger partial charge in [0, 0.05) is 18.8 Å². The van der Waals surface area contributed by atoms with Gasteiger partial charge in [-0.25, -0.2) is 4.98 Å². The number of pyridine rings is 1. The number of aryl methyl sites for hydroxylation is 2. The molecule has 0 bridgehead atoms. The Morgan fingerprint density at radius 3 is 2.57 bits per heavy atom. The third-order valence-electron chi connectivity index (χ3n) is 3.64. The predicted octanol–water partition coefficient (Wildman–Crippen LogP) is 2.15. The van der Waals surface area contributed by atoms with Crippen molar-refractivity contribution >= 4 is 5.82 Å². The van der Waals surface area contributed by atoms with Gasteiger partial charge in [0.05, 0.1) is 0 Å². The van der Waals surface area contributed by atoms with Crippen LogP contribution in [0.1, 0.15) is 17.7 Å². The molecule has 0 spiro atoms. The van der Waals surface area contributed by atoms with E-state index < -0.39 is 0 Å². The minimum absolute atomic E-state index is 0.985. The Hall–Kier alpha value is -1.05. The molecule has 1 saturated heterocycles. The Balaban J connectivity index is 1.86. The minimum Gasteiger partial charge on any atom is -0.356 e. The quantitative estimate of drug-likeness (QED) is 0.671. The normalized spacial score (nSPS) is 29.1. The average Bonchev–Trinajstić information content (AvgIpc) is 2.78. The van der Waals surface area contributed by atoms with Crippen LogP contribution >= 0.6 is 0 Å². The number of anilines is 1. The summed E-state index contributed by atoms with van der Waals surface area (Å²) >= 11 is 0. The van der Waals surface area contributed by atoms with Crippen LogP contribution in [0.3, 0.4) is 0 Å². The van der Waals surface area contributed by atoms with Crippen molar-refractivity contribution in [3.63, 3.8) is 0 Å². The molecule has 2 atom stereocenters. The Bertz CT molecular complexity index is 363. The number of hydrogen-bond donors (Lipinski definition) is 0. The molecule has 2 fully saturated rings. The third kappa shape index (κ3) is 1.21. The lowest BCUT2D eigenvalue weighted by atomic mass is 10.2. The van der Waals surface area contributed by atoms with E-state index in [0.717, 1.165) is 11.8 Å². The average molecular weight is 188 g/mol. The fourth-order valence-electron chi connectivity index (χ4n) is 2.38. The van der Waals surface area contributed by atoms with Crippen LogP contribution in [-0.2, 0) is 0 Å². The summed E-state index contributed by atoms with van der Waals surface area (Å²) < 4.78 is 0. The van der Waals surface area contributed by atoms with E-state index in [4.69, 9.17) is 0 Å². The van der Waals surface area contributed by atoms with Crippen LogP contribution in [0.2, 0.25) is 0 Å². The first-order valence-electron chi connectivity index (χ1n) is 5.43. The summed E-state index contributed by atoms with van der Waals surface area (Å²) in [6, 6.07) is 4.34. The van der Waals surface area contributed by atoms with Crippen molar-refractivity contribution in [2.24, 2.45) is 11.8 Å². The Kier molecular flexibility index (Phi) is 1.61. The van der Waals surface area contributed by atoms with Gasteiger partial charge in [-0.3, -0.25) is 0 Å². The highest BCUT2D eigenvalue weighted by Gasteiger charge is 2.45. The monoisotopic (exact) mass is 188 g/mol. The smallest absolute Gasteiger partial charge is 0.128 e. The molecule has 3 rings (SSSR count). The van der Waals surface area contributed by atoms with Crippen molar-refractivity contribution < 1.29 is 0 Å². The molecule has 0 radical (unpaired) electrons. The molecule has 2 heterocycles. The topological polar surface area (TPSA) is 16.1 Å². The highest BCUT2D eigenvalue weighted by molar-refractivity contribution is 5.43. The van der Waals surface area contributed by atoms with E-state index in [0.29, 0.717) is 0 Å². The largest absolute Gasteiger partial charge is 0.356 e. The van der Waals surface area contributed by atoms with Crippen LogP contribution in [0.25, 0.3) is 0 Å². The van der Waals surface area contributed by atoms with Crippen LogP contribution in [0.15, 0.2) is 12.1 Å². The summed E-state index contributed by atoms with van der Waals surface area (Å²) in [6.07, 6.45) is 1.46. The van der Waals surface area contributed by atoms with Crippen molar-refractivity contribution in [1.82, 2.24) is 4.98 Å². The Morgan fingerprint density at radius 1 is 1.21 bits per heavy atom. The van der Waals surface area contributed by atoms with Gasteiger partial charge in [0.1, 0.15) is 5.82 Å². The van der Waals surface area contributed by atoms with Gasteiger partial charge in [-0.1, -0.05) is 6.07 Å². The van der Waals surface area contributed by atoms with Crippen molar-refractivity contribution in [2.45, 2.75) is 20.3 Å². The zero-order chi connectivity index (χ0) is 9.71. The lowest BCUT2D eigenvalue weighted by Crippen LogP contribution is -2.23. The summed E-state index contributed by atoms with van der Waals surface area (Å²) in [5.74, 6) is 3.15. The number of aromatic nitrogens is 1. The first kappa shape index (κ1) is 8.27. The molecule has 1 aliphatic carbocycles. The summed E-state index contributed by atoms with van der Waals surface area (Å²) in [4.78, 5) is 7.07. The maximum absolute atomic E-state index is 4.64. The van der Waals surface area contributed by atoms with Gasteiger partial charge >= 0.3 is 0 Å². The Labute approximate surface area is 85.0 Å². The highest BCUT2D eigenvalue weighted by Crippen LogP contribution is 2.45. The fourth-order valence-corrected chi connectivity index (χ4v) is 2.38. The fraction of sp³-hybridized carbons (Fsp3) is 0.583. The molecule has 0 amide bonds. The molecule has 1 aromatic rings. The zero-order valence-electron chi connectivity index (χ0n) is 8.83. The van der Waals surface area contributed by atoms with E-state index in [9.17, 15) is 0 Å². The van der Waals surface area contributed by atoms with Gasteiger partial charge in [0.2, 0.25) is 0 Å². The van der Waals surface area contributed by atoms with Crippen LogP contribution in [0, 0.1) is 25.7 Å².